The number of aromatic nitrogens is 2. The van der Waals surface area contributed by atoms with Gasteiger partial charge in [0.1, 0.15) is 0 Å². The van der Waals surface area contributed by atoms with Crippen LogP contribution in [0.15, 0.2) is 15.8 Å². The highest BCUT2D eigenvalue weighted by Crippen LogP contribution is 2.11. The zero-order chi connectivity index (χ0) is 10.1. The molecule has 2 rings (SSSR count). The summed E-state index contributed by atoms with van der Waals surface area (Å²) in [5.74, 6) is 0. The smallest absolute Gasteiger partial charge is 0.315 e. The first kappa shape index (κ1) is 9.21. The van der Waals surface area contributed by atoms with Crippen molar-refractivity contribution in [2.45, 2.75) is 19.4 Å². The molecule has 0 radical (unpaired) electrons. The molecule has 0 amide bonds. The molecule has 5 heteroatoms. The first-order valence-electron chi connectivity index (χ1n) is 4.71. The van der Waals surface area contributed by atoms with Gasteiger partial charge >= 0.3 is 5.69 Å². The molecular formula is C9H13N3O2. The number of rotatable bonds is 1. The Kier molecular flexibility index (Phi) is 2.25. The van der Waals surface area contributed by atoms with Gasteiger partial charge < -0.3 is 5.32 Å². The summed E-state index contributed by atoms with van der Waals surface area (Å²) >= 11 is 0. The zero-order valence-electron chi connectivity index (χ0n) is 8.04. The van der Waals surface area contributed by atoms with E-state index in [1.807, 2.05) is 0 Å². The lowest BCUT2D eigenvalue weighted by atomic mass is 10.2. The van der Waals surface area contributed by atoms with Crippen LogP contribution in [-0.2, 0) is 0 Å². The van der Waals surface area contributed by atoms with Crippen molar-refractivity contribution >= 4 is 0 Å². The summed E-state index contributed by atoms with van der Waals surface area (Å²) in [4.78, 5) is 24.9. The highest BCUT2D eigenvalue weighted by Gasteiger charge is 2.17. The van der Waals surface area contributed by atoms with Crippen molar-refractivity contribution in [3.8, 4) is 0 Å². The normalized spacial score (nSPS) is 21.4. The van der Waals surface area contributed by atoms with E-state index >= 15 is 0 Å². The van der Waals surface area contributed by atoms with Crippen LogP contribution >= 0.6 is 0 Å². The minimum Gasteiger partial charge on any atom is -0.315 e. The molecule has 0 unspecified atom stereocenters. The predicted octanol–water partition coefficient (Wildman–Crippen LogP) is -0.621. The molecule has 0 saturated carbocycles. The summed E-state index contributed by atoms with van der Waals surface area (Å²) in [5.41, 5.74) is -0.0250. The van der Waals surface area contributed by atoms with Gasteiger partial charge in [0.25, 0.3) is 5.56 Å². The number of H-pyrrole nitrogens is 1. The first-order chi connectivity index (χ1) is 6.68. The highest BCUT2D eigenvalue weighted by molar-refractivity contribution is 5.02. The Morgan fingerprint density at radius 1 is 1.50 bits per heavy atom. The molecule has 5 nitrogen and oxygen atoms in total. The number of nitrogens with zero attached hydrogens (tertiary/aromatic N) is 1. The van der Waals surface area contributed by atoms with Crippen molar-refractivity contribution in [3.63, 3.8) is 0 Å². The summed E-state index contributed by atoms with van der Waals surface area (Å²) in [5, 5.41) is 3.18. The van der Waals surface area contributed by atoms with Crippen molar-refractivity contribution in [1.29, 1.82) is 0 Å². The quantitative estimate of drug-likeness (QED) is 0.627. The van der Waals surface area contributed by atoms with Gasteiger partial charge in [-0.1, -0.05) is 0 Å². The maximum atomic E-state index is 11.5. The Morgan fingerprint density at radius 2 is 2.29 bits per heavy atom. The van der Waals surface area contributed by atoms with E-state index in [2.05, 4.69) is 10.3 Å². The van der Waals surface area contributed by atoms with Crippen molar-refractivity contribution in [1.82, 2.24) is 14.9 Å². The van der Waals surface area contributed by atoms with E-state index in [1.165, 1.54) is 0 Å². The minimum atomic E-state index is -0.311. The molecule has 1 fully saturated rings. The Labute approximate surface area is 80.8 Å². The average Bonchev–Trinajstić information content (AvgIpc) is 2.64. The third-order valence-electron chi connectivity index (χ3n) is 2.57. The predicted molar refractivity (Wildman–Crippen MR) is 52.6 cm³/mol. The third-order valence-corrected chi connectivity index (χ3v) is 2.57. The second-order valence-corrected chi connectivity index (χ2v) is 3.63. The van der Waals surface area contributed by atoms with E-state index in [9.17, 15) is 9.59 Å². The van der Waals surface area contributed by atoms with Gasteiger partial charge in [-0.25, -0.2) is 4.79 Å². The van der Waals surface area contributed by atoms with E-state index in [1.54, 1.807) is 17.7 Å². The van der Waals surface area contributed by atoms with Gasteiger partial charge in [-0.3, -0.25) is 14.3 Å². The Balaban J connectivity index is 2.47. The van der Waals surface area contributed by atoms with E-state index in [0.717, 1.165) is 19.5 Å². The Morgan fingerprint density at radius 3 is 2.93 bits per heavy atom. The number of aromatic amines is 1. The van der Waals surface area contributed by atoms with Gasteiger partial charge in [0.2, 0.25) is 0 Å². The number of hydrogen-bond donors (Lipinski definition) is 2. The summed E-state index contributed by atoms with van der Waals surface area (Å²) in [7, 11) is 0. The van der Waals surface area contributed by atoms with Crippen molar-refractivity contribution in [2.75, 3.05) is 13.1 Å². The average molecular weight is 195 g/mol. The molecule has 0 bridgehead atoms. The molecular weight excluding hydrogens is 182 g/mol. The van der Waals surface area contributed by atoms with Crippen LogP contribution < -0.4 is 16.6 Å². The van der Waals surface area contributed by atoms with Crippen molar-refractivity contribution < 1.29 is 0 Å². The maximum Gasteiger partial charge on any atom is 0.328 e. The van der Waals surface area contributed by atoms with E-state index < -0.39 is 0 Å². The Bertz CT molecular complexity index is 440. The molecule has 76 valence electrons. The molecule has 0 spiro atoms. The second kappa shape index (κ2) is 3.42. The van der Waals surface area contributed by atoms with Gasteiger partial charge in [0.05, 0.1) is 6.04 Å². The molecule has 14 heavy (non-hydrogen) atoms. The molecule has 1 aliphatic rings. The molecule has 1 aromatic heterocycles. The van der Waals surface area contributed by atoms with Crippen LogP contribution in [0.1, 0.15) is 18.0 Å². The van der Waals surface area contributed by atoms with E-state index in [0.29, 0.717) is 5.56 Å². The fourth-order valence-corrected chi connectivity index (χ4v) is 1.73. The van der Waals surface area contributed by atoms with Gasteiger partial charge in [0, 0.05) is 18.3 Å². The summed E-state index contributed by atoms with van der Waals surface area (Å²) in [6, 6.07) is 0.179. The number of hydrogen-bond acceptors (Lipinski definition) is 3. The SMILES string of the molecule is Cc1cn([C@@H]2CCNC2)c(=O)[nH]c1=O. The lowest BCUT2D eigenvalue weighted by molar-refractivity contribution is 0.514. The lowest BCUT2D eigenvalue weighted by Gasteiger charge is -2.11. The molecule has 0 aromatic carbocycles. The van der Waals surface area contributed by atoms with Crippen LogP contribution in [0.3, 0.4) is 0 Å². The fourth-order valence-electron chi connectivity index (χ4n) is 1.73. The summed E-state index contributed by atoms with van der Waals surface area (Å²) in [6.45, 7) is 3.43. The summed E-state index contributed by atoms with van der Waals surface area (Å²) < 4.78 is 1.61. The minimum absolute atomic E-state index is 0.179. The van der Waals surface area contributed by atoms with Crippen molar-refractivity contribution in [3.05, 3.63) is 32.6 Å². The van der Waals surface area contributed by atoms with E-state index in [4.69, 9.17) is 0 Å². The first-order valence-corrected chi connectivity index (χ1v) is 4.71. The summed E-state index contributed by atoms with van der Waals surface area (Å²) in [6.07, 6.45) is 2.57. The topological polar surface area (TPSA) is 66.9 Å². The molecule has 1 aliphatic heterocycles. The molecule has 2 N–H and O–H groups in total. The van der Waals surface area contributed by atoms with Gasteiger partial charge in [-0.2, -0.15) is 0 Å². The maximum absolute atomic E-state index is 11.5. The van der Waals surface area contributed by atoms with Crippen LogP contribution in [0.2, 0.25) is 0 Å². The molecule has 1 aromatic rings. The van der Waals surface area contributed by atoms with Crippen LogP contribution in [0.4, 0.5) is 0 Å². The van der Waals surface area contributed by atoms with Crippen molar-refractivity contribution in [2.24, 2.45) is 0 Å². The highest BCUT2D eigenvalue weighted by atomic mass is 16.2. The molecule has 2 heterocycles. The molecule has 1 atom stereocenters. The number of aryl methyl sites for hydroxylation is 1. The van der Waals surface area contributed by atoms with Crippen LogP contribution in [0, 0.1) is 6.92 Å². The van der Waals surface area contributed by atoms with Gasteiger partial charge in [0.15, 0.2) is 0 Å². The lowest BCUT2D eigenvalue weighted by Crippen LogP contribution is -2.33. The van der Waals surface area contributed by atoms with Gasteiger partial charge in [-0.15, -0.1) is 0 Å². The van der Waals surface area contributed by atoms with Crippen LogP contribution in [0.25, 0.3) is 0 Å². The molecule has 0 aliphatic carbocycles. The number of nitrogens with one attached hydrogen (secondary N) is 2. The van der Waals surface area contributed by atoms with E-state index in [-0.39, 0.29) is 17.3 Å². The third kappa shape index (κ3) is 1.50. The van der Waals surface area contributed by atoms with Gasteiger partial charge in [-0.05, 0) is 19.9 Å². The fraction of sp³-hybridized carbons (Fsp3) is 0.556. The largest absolute Gasteiger partial charge is 0.328 e. The van der Waals surface area contributed by atoms with Crippen LogP contribution in [0.5, 0.6) is 0 Å². The molecule has 1 saturated heterocycles. The standard InChI is InChI=1S/C9H13N3O2/c1-6-5-12(7-2-3-10-4-7)9(14)11-8(6)13/h5,7,10H,2-4H2,1H3,(H,11,13,14)/t7-/m1/s1. The van der Waals surface area contributed by atoms with Crippen LogP contribution in [-0.4, -0.2) is 22.6 Å². The second-order valence-electron chi connectivity index (χ2n) is 3.63. The zero-order valence-corrected chi connectivity index (χ0v) is 8.04. The monoisotopic (exact) mass is 195 g/mol. The Hall–Kier alpha value is -1.36.